The topological polar surface area (TPSA) is 362 Å². The fourth-order valence-corrected chi connectivity index (χ4v) is 15.5. The SMILES string of the molecule is CC(C)c1ccc2c(Nc3cc(C(=O)NC(C)(C)COP(=O)(OCC(C)(C)NC(=O)c4ccc(Sc5ccc(N)cc5)c(Nc5ncnc6nc(C(C)C)ccc56)c4)OCC(C)(C)NC(=O)c4ccc(Sc5ccc(N)cc5)c(Nc5ncnc6nc(C(C)C)ccc56)c4)ccc3Sc3ccc(N)cc3)ncnc2n1. The minimum Gasteiger partial charge on any atom is -0.399 e. The van der Waals surface area contributed by atoms with Gasteiger partial charge in [0, 0.05) is 80.2 Å². The number of hydrogen-bond acceptors (Lipinski definition) is 25. The van der Waals surface area contributed by atoms with Crippen LogP contribution in [0.5, 0.6) is 0 Å². The van der Waals surface area contributed by atoms with Crippen LogP contribution < -0.4 is 49.1 Å². The Hall–Kier alpha value is -10.8. The normalized spacial score (nSPS) is 12.1. The van der Waals surface area contributed by atoms with Gasteiger partial charge in [-0.25, -0.2) is 49.4 Å². The van der Waals surface area contributed by atoms with Gasteiger partial charge in [-0.05, 0) is 223 Å². The van der Waals surface area contributed by atoms with E-state index in [0.29, 0.717) is 84.7 Å². The van der Waals surface area contributed by atoms with Crippen LogP contribution in [0.2, 0.25) is 0 Å². The molecule has 12 N–H and O–H groups in total. The number of anilines is 9. The molecule has 0 atom stereocenters. The molecule has 12 aromatic rings. The molecular formula is C81H87N18O7PS3. The summed E-state index contributed by atoms with van der Waals surface area (Å²) in [5.41, 5.74) is 22.9. The van der Waals surface area contributed by atoms with Crippen LogP contribution in [0.25, 0.3) is 33.1 Å². The Kier molecular flexibility index (Phi) is 24.0. The van der Waals surface area contributed by atoms with E-state index in [9.17, 15) is 14.4 Å². The zero-order chi connectivity index (χ0) is 78.2. The molecule has 0 radical (unpaired) electrons. The summed E-state index contributed by atoms with van der Waals surface area (Å²) in [4.78, 5) is 90.6. The lowest BCUT2D eigenvalue weighted by Gasteiger charge is -2.32. The summed E-state index contributed by atoms with van der Waals surface area (Å²) in [6.07, 6.45) is 4.33. The average Bonchev–Trinajstić information content (AvgIpc) is 0.806. The minimum absolute atomic E-state index is 0.167. The van der Waals surface area contributed by atoms with Gasteiger partial charge in [-0.2, -0.15) is 0 Å². The van der Waals surface area contributed by atoms with E-state index in [0.717, 1.165) is 46.5 Å². The molecule has 6 heterocycles. The number of aromatic nitrogens is 9. The van der Waals surface area contributed by atoms with Gasteiger partial charge in [0.15, 0.2) is 16.9 Å². The van der Waals surface area contributed by atoms with E-state index in [-0.39, 0.29) is 34.4 Å². The number of fused-ring (bicyclic) bond motifs is 3. The molecule has 3 amide bonds. The third-order valence-corrected chi connectivity index (χ3v) is 21.8. The molecule has 0 fully saturated rings. The first-order valence-corrected chi connectivity index (χ1v) is 39.5. The largest absolute Gasteiger partial charge is 0.475 e. The first-order chi connectivity index (χ1) is 52.4. The second kappa shape index (κ2) is 33.6. The maximum Gasteiger partial charge on any atom is 0.475 e. The monoisotopic (exact) mass is 1550 g/mol. The average molecular weight is 1550 g/mol. The third-order valence-electron chi connectivity index (χ3n) is 17.2. The van der Waals surface area contributed by atoms with Crippen LogP contribution in [0.3, 0.4) is 0 Å². The Morgan fingerprint density at radius 3 is 0.900 bits per heavy atom. The zero-order valence-corrected chi connectivity index (χ0v) is 66.3. The van der Waals surface area contributed by atoms with Crippen LogP contribution >= 0.6 is 43.1 Å². The zero-order valence-electron chi connectivity index (χ0n) is 63.0. The summed E-state index contributed by atoms with van der Waals surface area (Å²) < 4.78 is 34.5. The smallest absolute Gasteiger partial charge is 0.399 e. The summed E-state index contributed by atoms with van der Waals surface area (Å²) >= 11 is 4.38. The molecule has 0 saturated carbocycles. The van der Waals surface area contributed by atoms with E-state index in [1.165, 1.54) is 54.3 Å². The quantitative estimate of drug-likeness (QED) is 0.0149. The number of hydrogen-bond donors (Lipinski definition) is 9. The molecule has 0 spiro atoms. The Morgan fingerprint density at radius 1 is 0.382 bits per heavy atom. The Morgan fingerprint density at radius 2 is 0.645 bits per heavy atom. The molecule has 0 aliphatic rings. The highest BCUT2D eigenvalue weighted by Gasteiger charge is 2.38. The van der Waals surface area contributed by atoms with E-state index < -0.39 is 62.0 Å². The molecule has 6 aromatic heterocycles. The van der Waals surface area contributed by atoms with Gasteiger partial charge in [0.2, 0.25) is 0 Å². The Balaban J connectivity index is 0.805. The van der Waals surface area contributed by atoms with E-state index >= 15 is 4.57 Å². The maximum absolute atomic E-state index is 15.6. The van der Waals surface area contributed by atoms with Crippen molar-refractivity contribution in [2.75, 3.05) is 53.0 Å². The van der Waals surface area contributed by atoms with Crippen molar-refractivity contribution in [1.82, 2.24) is 60.8 Å². The number of carbonyl (C=O) groups is 3. The lowest BCUT2D eigenvalue weighted by molar-refractivity contribution is 0.0549. The van der Waals surface area contributed by atoms with Gasteiger partial charge in [0.1, 0.15) is 36.4 Å². The number of carbonyl (C=O) groups excluding carboxylic acids is 3. The van der Waals surface area contributed by atoms with Crippen LogP contribution in [-0.4, -0.2) is 99.0 Å². The first kappa shape index (κ1) is 78.7. The van der Waals surface area contributed by atoms with Crippen molar-refractivity contribution in [3.05, 3.63) is 217 Å². The summed E-state index contributed by atoms with van der Waals surface area (Å²) in [5, 5.41) is 21.6. The molecule has 0 saturated heterocycles. The predicted octanol–water partition coefficient (Wildman–Crippen LogP) is 17.6. The van der Waals surface area contributed by atoms with Crippen molar-refractivity contribution >= 4 is 146 Å². The number of nitrogens with two attached hydrogens (primary N) is 3. The van der Waals surface area contributed by atoms with E-state index in [1.807, 2.05) is 127 Å². The number of rotatable bonds is 30. The predicted molar refractivity (Wildman–Crippen MR) is 438 cm³/mol. The first-order valence-electron chi connectivity index (χ1n) is 35.6. The maximum atomic E-state index is 15.6. The number of phosphoric acid groups is 1. The lowest BCUT2D eigenvalue weighted by Crippen LogP contribution is -2.48. The fraction of sp³-hybridized carbons (Fsp3) is 0.259. The lowest BCUT2D eigenvalue weighted by atomic mass is 10.1. The van der Waals surface area contributed by atoms with Gasteiger partial charge < -0.3 is 49.1 Å². The van der Waals surface area contributed by atoms with Gasteiger partial charge in [-0.15, -0.1) is 0 Å². The van der Waals surface area contributed by atoms with Gasteiger partial charge >= 0.3 is 7.82 Å². The van der Waals surface area contributed by atoms with E-state index in [2.05, 4.69) is 103 Å². The molecule has 12 rings (SSSR count). The highest BCUT2D eigenvalue weighted by molar-refractivity contribution is 8.00. The summed E-state index contributed by atoms with van der Waals surface area (Å²) in [5.74, 6) is 0.434. The number of pyridine rings is 3. The van der Waals surface area contributed by atoms with E-state index in [4.69, 9.17) is 45.7 Å². The van der Waals surface area contributed by atoms with Crippen LogP contribution in [0.4, 0.5) is 51.6 Å². The third kappa shape index (κ3) is 20.1. The highest BCUT2D eigenvalue weighted by Crippen LogP contribution is 2.51. The Bertz CT molecular complexity index is 4920. The van der Waals surface area contributed by atoms with Crippen LogP contribution in [0.1, 0.15) is 149 Å². The van der Waals surface area contributed by atoms with Crippen molar-refractivity contribution in [3.8, 4) is 0 Å². The van der Waals surface area contributed by atoms with Gasteiger partial charge in [0.05, 0.1) is 69.7 Å². The van der Waals surface area contributed by atoms with Gasteiger partial charge in [0.25, 0.3) is 17.7 Å². The van der Waals surface area contributed by atoms with Crippen LogP contribution in [0, 0.1) is 0 Å². The molecule has 6 aromatic carbocycles. The number of phosphoric ester groups is 1. The van der Waals surface area contributed by atoms with Gasteiger partial charge in [-0.1, -0.05) is 76.8 Å². The van der Waals surface area contributed by atoms with E-state index in [1.54, 1.807) is 77.9 Å². The van der Waals surface area contributed by atoms with Gasteiger partial charge in [-0.3, -0.25) is 28.0 Å². The molecule has 0 aliphatic carbocycles. The van der Waals surface area contributed by atoms with Crippen molar-refractivity contribution < 1.29 is 32.5 Å². The fourth-order valence-electron chi connectivity index (χ4n) is 11.2. The second-order valence-electron chi connectivity index (χ2n) is 29.3. The summed E-state index contributed by atoms with van der Waals surface area (Å²) in [7, 11) is -4.78. The summed E-state index contributed by atoms with van der Waals surface area (Å²) in [6, 6.07) is 49.7. The number of nitrogen functional groups attached to an aromatic ring is 3. The van der Waals surface area contributed by atoms with Crippen LogP contribution in [-0.2, 0) is 18.1 Å². The number of amides is 3. The number of benzene rings is 6. The molecule has 29 heteroatoms. The molecule has 25 nitrogen and oxygen atoms in total. The second-order valence-corrected chi connectivity index (χ2v) is 34.3. The molecular weight excluding hydrogens is 1460 g/mol. The molecule has 566 valence electrons. The minimum atomic E-state index is -4.78. The van der Waals surface area contributed by atoms with Crippen molar-refractivity contribution in [3.63, 3.8) is 0 Å². The van der Waals surface area contributed by atoms with Crippen molar-refractivity contribution in [1.29, 1.82) is 0 Å². The standard InChI is InChI=1S/C81H87N18O7PS3/c1-46(2)61-31-28-58-70(91-61)85-43-88-73(58)94-64-37-49(13-34-67(64)108-55-22-16-52(82)17-23-55)76(100)97-79(7,8)40-104-107(103,105-41-80(9,10)98-77(101)50-14-35-68(109-56-24-18-53(83)19-25-56)65(38-50)95-74-59-29-32-62(47(3)4)92-71(59)86-44-89-74)106-42-81(11,12)99-78(102)51-15-36-69(110-57-26-20-54(84)21-27-57)66(39-51)96-75-60-30-33-63(48(5)6)93-72(60)87-45-90-75/h13-39,43-48H,40-42,82-84H2,1-12H3,(H,97,100)(H,98,101)(H,99,102)(H,85,88,91,94)(H,86,89,92,95)(H,87,90,93,96). The van der Waals surface area contributed by atoms with Crippen molar-refractivity contribution in [2.24, 2.45) is 0 Å². The molecule has 0 aliphatic heterocycles. The number of nitrogens with zero attached hydrogens (tertiary/aromatic N) is 9. The number of nitrogens with one attached hydrogen (secondary N) is 6. The molecule has 0 unspecified atom stereocenters. The summed E-state index contributed by atoms with van der Waals surface area (Å²) in [6.45, 7) is 21.3. The molecule has 0 bridgehead atoms. The highest BCUT2D eigenvalue weighted by atomic mass is 32.2. The Labute approximate surface area is 651 Å². The van der Waals surface area contributed by atoms with Crippen molar-refractivity contribution in [2.45, 2.75) is 147 Å². The van der Waals surface area contributed by atoms with Crippen LogP contribution in [0.15, 0.2) is 212 Å². The molecule has 110 heavy (non-hydrogen) atoms.